The number of hydrogen-bond donors (Lipinski definition) is 1. The standard InChI is InChI=1S/C15H12ClF3O2/c1-14(20,10-6-2-4-8-12(10)16)11-7-3-5-9-13(11)21-15(17,18)19/h2-9,20H,1H3. The topological polar surface area (TPSA) is 29.5 Å². The smallest absolute Gasteiger partial charge is 0.405 e. The average Bonchev–Trinajstić information content (AvgIpc) is 2.37. The zero-order valence-corrected chi connectivity index (χ0v) is 11.7. The lowest BCUT2D eigenvalue weighted by atomic mass is 9.87. The predicted octanol–water partition coefficient (Wildman–Crippen LogP) is 4.49. The van der Waals surface area contributed by atoms with Crippen molar-refractivity contribution in [3.05, 3.63) is 64.7 Å². The highest BCUT2D eigenvalue weighted by Crippen LogP contribution is 2.39. The summed E-state index contributed by atoms with van der Waals surface area (Å²) in [5, 5.41) is 10.9. The summed E-state index contributed by atoms with van der Waals surface area (Å²) in [5.41, 5.74) is -1.44. The number of benzene rings is 2. The Labute approximate surface area is 124 Å². The van der Waals surface area contributed by atoms with Gasteiger partial charge in [-0.2, -0.15) is 0 Å². The Balaban J connectivity index is 2.53. The molecule has 0 aliphatic heterocycles. The summed E-state index contributed by atoms with van der Waals surface area (Å²) in [5.74, 6) is -0.463. The third-order valence-electron chi connectivity index (χ3n) is 3.04. The van der Waals surface area contributed by atoms with Crippen molar-refractivity contribution in [2.24, 2.45) is 0 Å². The summed E-state index contributed by atoms with van der Waals surface area (Å²) in [6.45, 7) is 1.37. The van der Waals surface area contributed by atoms with Gasteiger partial charge in [0.25, 0.3) is 0 Å². The Morgan fingerprint density at radius 1 is 0.952 bits per heavy atom. The minimum atomic E-state index is -4.84. The van der Waals surface area contributed by atoms with Crippen LogP contribution < -0.4 is 4.74 Å². The van der Waals surface area contributed by atoms with Gasteiger partial charge < -0.3 is 9.84 Å². The molecule has 0 heterocycles. The van der Waals surface area contributed by atoms with Gasteiger partial charge in [0.1, 0.15) is 11.4 Å². The lowest BCUT2D eigenvalue weighted by molar-refractivity contribution is -0.275. The van der Waals surface area contributed by atoms with E-state index in [1.165, 1.54) is 25.1 Å². The maximum Gasteiger partial charge on any atom is 0.573 e. The van der Waals surface area contributed by atoms with Crippen molar-refractivity contribution in [3.8, 4) is 5.75 Å². The Morgan fingerprint density at radius 2 is 1.48 bits per heavy atom. The maximum absolute atomic E-state index is 12.5. The molecule has 2 aromatic carbocycles. The molecule has 21 heavy (non-hydrogen) atoms. The van der Waals surface area contributed by atoms with Gasteiger partial charge in [0, 0.05) is 16.1 Å². The van der Waals surface area contributed by atoms with E-state index in [2.05, 4.69) is 4.74 Å². The highest BCUT2D eigenvalue weighted by molar-refractivity contribution is 6.31. The summed E-state index contributed by atoms with van der Waals surface area (Å²) >= 11 is 6.02. The monoisotopic (exact) mass is 316 g/mol. The zero-order chi connectivity index (χ0) is 15.7. The quantitative estimate of drug-likeness (QED) is 0.903. The number of alkyl halides is 3. The van der Waals surface area contributed by atoms with Crippen LogP contribution in [0.4, 0.5) is 13.2 Å². The molecule has 2 nitrogen and oxygen atoms in total. The second-order valence-corrected chi connectivity index (χ2v) is 5.00. The fourth-order valence-electron chi connectivity index (χ4n) is 2.08. The van der Waals surface area contributed by atoms with Crippen LogP contribution in [-0.4, -0.2) is 11.5 Å². The lowest BCUT2D eigenvalue weighted by Gasteiger charge is -2.27. The molecular weight excluding hydrogens is 305 g/mol. The molecule has 0 amide bonds. The maximum atomic E-state index is 12.5. The van der Waals surface area contributed by atoms with E-state index in [1.54, 1.807) is 24.3 Å². The van der Waals surface area contributed by atoms with Crippen LogP contribution in [-0.2, 0) is 5.60 Å². The van der Waals surface area contributed by atoms with Gasteiger partial charge in [-0.25, -0.2) is 0 Å². The number of para-hydroxylation sites is 1. The molecule has 0 bridgehead atoms. The second kappa shape index (κ2) is 5.58. The van der Waals surface area contributed by atoms with Gasteiger partial charge in [0.2, 0.25) is 0 Å². The number of rotatable bonds is 3. The van der Waals surface area contributed by atoms with Crippen LogP contribution in [0.2, 0.25) is 5.02 Å². The highest BCUT2D eigenvalue weighted by atomic mass is 35.5. The summed E-state index contributed by atoms with van der Waals surface area (Å²) in [6, 6.07) is 11.8. The molecule has 2 rings (SSSR count). The Hall–Kier alpha value is -1.72. The van der Waals surface area contributed by atoms with Gasteiger partial charge in [0.05, 0.1) is 0 Å². The molecule has 0 aliphatic rings. The van der Waals surface area contributed by atoms with Gasteiger partial charge in [-0.05, 0) is 19.1 Å². The van der Waals surface area contributed by atoms with E-state index in [0.29, 0.717) is 5.56 Å². The summed E-state index contributed by atoms with van der Waals surface area (Å²) in [7, 11) is 0. The molecule has 0 aromatic heterocycles. The van der Waals surface area contributed by atoms with Gasteiger partial charge in [-0.3, -0.25) is 0 Å². The Morgan fingerprint density at radius 3 is 2.05 bits per heavy atom. The molecule has 6 heteroatoms. The van der Waals surface area contributed by atoms with Gasteiger partial charge >= 0.3 is 6.36 Å². The van der Waals surface area contributed by atoms with E-state index >= 15 is 0 Å². The molecule has 0 fully saturated rings. The third-order valence-corrected chi connectivity index (χ3v) is 3.37. The van der Waals surface area contributed by atoms with E-state index in [1.807, 2.05) is 0 Å². The number of aliphatic hydroxyl groups is 1. The summed E-state index contributed by atoms with van der Waals surface area (Å²) in [6.07, 6.45) is -4.84. The van der Waals surface area contributed by atoms with E-state index in [-0.39, 0.29) is 10.6 Å². The molecule has 0 saturated carbocycles. The fraction of sp³-hybridized carbons (Fsp3) is 0.200. The highest BCUT2D eigenvalue weighted by Gasteiger charge is 2.36. The van der Waals surface area contributed by atoms with Crippen molar-refractivity contribution in [2.75, 3.05) is 0 Å². The van der Waals surface area contributed by atoms with Crippen LogP contribution in [0.1, 0.15) is 18.1 Å². The normalized spacial score (nSPS) is 14.6. The van der Waals surface area contributed by atoms with E-state index in [0.717, 1.165) is 6.07 Å². The van der Waals surface area contributed by atoms with Crippen molar-refractivity contribution in [1.82, 2.24) is 0 Å². The first kappa shape index (κ1) is 15.7. The van der Waals surface area contributed by atoms with Crippen LogP contribution >= 0.6 is 11.6 Å². The molecular formula is C15H12ClF3O2. The van der Waals surface area contributed by atoms with Crippen LogP contribution in [0, 0.1) is 0 Å². The average molecular weight is 317 g/mol. The molecule has 1 atom stereocenters. The molecule has 0 aliphatic carbocycles. The fourth-order valence-corrected chi connectivity index (χ4v) is 2.40. The third kappa shape index (κ3) is 3.49. The number of ether oxygens (including phenoxy) is 1. The first-order valence-corrected chi connectivity index (χ1v) is 6.42. The Bertz CT molecular complexity index is 639. The van der Waals surface area contributed by atoms with Gasteiger partial charge in [-0.15, -0.1) is 13.2 Å². The first-order chi connectivity index (χ1) is 9.72. The molecule has 1 N–H and O–H groups in total. The Kier molecular flexibility index (Phi) is 4.16. The molecule has 0 radical (unpaired) electrons. The van der Waals surface area contributed by atoms with Crippen LogP contribution in [0.15, 0.2) is 48.5 Å². The van der Waals surface area contributed by atoms with Gasteiger partial charge in [-0.1, -0.05) is 48.0 Å². The summed E-state index contributed by atoms with van der Waals surface area (Å²) < 4.78 is 41.4. The van der Waals surface area contributed by atoms with E-state index in [9.17, 15) is 18.3 Å². The van der Waals surface area contributed by atoms with Crippen molar-refractivity contribution < 1.29 is 23.0 Å². The van der Waals surface area contributed by atoms with Crippen molar-refractivity contribution in [2.45, 2.75) is 18.9 Å². The summed E-state index contributed by atoms with van der Waals surface area (Å²) in [4.78, 5) is 0. The van der Waals surface area contributed by atoms with Crippen molar-refractivity contribution in [3.63, 3.8) is 0 Å². The largest absolute Gasteiger partial charge is 0.573 e. The molecule has 0 saturated heterocycles. The first-order valence-electron chi connectivity index (χ1n) is 6.04. The van der Waals surface area contributed by atoms with Gasteiger partial charge in [0.15, 0.2) is 0 Å². The molecule has 112 valence electrons. The number of halogens is 4. The van der Waals surface area contributed by atoms with Crippen LogP contribution in [0.3, 0.4) is 0 Å². The minimum Gasteiger partial charge on any atom is -0.405 e. The van der Waals surface area contributed by atoms with Crippen LogP contribution in [0.25, 0.3) is 0 Å². The zero-order valence-electron chi connectivity index (χ0n) is 11.0. The van der Waals surface area contributed by atoms with Crippen LogP contribution in [0.5, 0.6) is 5.75 Å². The lowest BCUT2D eigenvalue weighted by Crippen LogP contribution is -2.26. The minimum absolute atomic E-state index is 0.0181. The molecule has 2 aromatic rings. The van der Waals surface area contributed by atoms with Crippen molar-refractivity contribution >= 4 is 11.6 Å². The second-order valence-electron chi connectivity index (χ2n) is 4.60. The molecule has 0 spiro atoms. The number of hydrogen-bond acceptors (Lipinski definition) is 2. The predicted molar refractivity (Wildman–Crippen MR) is 73.2 cm³/mol. The van der Waals surface area contributed by atoms with Crippen molar-refractivity contribution in [1.29, 1.82) is 0 Å². The molecule has 1 unspecified atom stereocenters. The van der Waals surface area contributed by atoms with E-state index < -0.39 is 17.7 Å². The SMILES string of the molecule is CC(O)(c1ccccc1Cl)c1ccccc1OC(F)(F)F. The van der Waals surface area contributed by atoms with E-state index in [4.69, 9.17) is 11.6 Å².